The second-order valence-electron chi connectivity index (χ2n) is 6.19. The van der Waals surface area contributed by atoms with E-state index in [1.807, 2.05) is 0 Å². The first-order chi connectivity index (χ1) is 12.5. The maximum Gasteiger partial charge on any atom is 0.263 e. The van der Waals surface area contributed by atoms with Crippen molar-refractivity contribution in [3.63, 3.8) is 0 Å². The van der Waals surface area contributed by atoms with Crippen LogP contribution in [0.4, 0.5) is 0 Å². The smallest absolute Gasteiger partial charge is 0.263 e. The molecule has 0 spiro atoms. The van der Waals surface area contributed by atoms with Gasteiger partial charge < -0.3 is 19.1 Å². The summed E-state index contributed by atoms with van der Waals surface area (Å²) in [5.74, 6) is 0.360. The summed E-state index contributed by atoms with van der Waals surface area (Å²) < 4.78 is 42.7. The third kappa shape index (κ3) is 4.35. The van der Waals surface area contributed by atoms with Gasteiger partial charge in [-0.05, 0) is 31.2 Å². The van der Waals surface area contributed by atoms with E-state index in [0.29, 0.717) is 58.4 Å². The minimum Gasteiger partial charge on any atom is -0.481 e. The average molecular weight is 384 g/mol. The van der Waals surface area contributed by atoms with E-state index in [9.17, 15) is 13.2 Å². The minimum atomic E-state index is -3.53. The van der Waals surface area contributed by atoms with Crippen LogP contribution in [0.3, 0.4) is 0 Å². The zero-order valence-electron chi connectivity index (χ0n) is 14.8. The highest BCUT2D eigenvalue weighted by Gasteiger charge is 2.27. The Morgan fingerprint density at radius 1 is 1.00 bits per heavy atom. The zero-order valence-corrected chi connectivity index (χ0v) is 15.6. The molecule has 0 unspecified atom stereocenters. The van der Waals surface area contributed by atoms with E-state index >= 15 is 0 Å². The van der Waals surface area contributed by atoms with Crippen molar-refractivity contribution in [2.75, 3.05) is 52.6 Å². The summed E-state index contributed by atoms with van der Waals surface area (Å²) in [6.07, 6.45) is -0.644. The molecule has 2 saturated heterocycles. The molecule has 0 N–H and O–H groups in total. The number of amides is 1. The molecule has 2 heterocycles. The molecule has 0 bridgehead atoms. The Labute approximate surface area is 153 Å². The summed E-state index contributed by atoms with van der Waals surface area (Å²) in [4.78, 5) is 14.3. The first-order valence-electron chi connectivity index (χ1n) is 8.69. The topological polar surface area (TPSA) is 85.4 Å². The lowest BCUT2D eigenvalue weighted by Gasteiger charge is -2.29. The van der Waals surface area contributed by atoms with E-state index in [-0.39, 0.29) is 10.8 Å². The number of ether oxygens (including phenoxy) is 3. The molecule has 0 aromatic heterocycles. The largest absolute Gasteiger partial charge is 0.481 e. The standard InChI is InChI=1S/C17H24N2O6S/c1-14(17(20)18-6-10-23-11-7-18)25-15-2-4-16(5-3-15)26(21,22)19-8-12-24-13-9-19/h2-5,14H,6-13H2,1H3/t14-/m0/s1. The molecule has 8 nitrogen and oxygen atoms in total. The summed E-state index contributed by atoms with van der Waals surface area (Å²) >= 11 is 0. The highest BCUT2D eigenvalue weighted by Crippen LogP contribution is 2.21. The number of nitrogens with zero attached hydrogens (tertiary/aromatic N) is 2. The fraction of sp³-hybridized carbons (Fsp3) is 0.588. The monoisotopic (exact) mass is 384 g/mol. The Bertz CT molecular complexity index is 709. The predicted octanol–water partition coefficient (Wildman–Crippen LogP) is 0.334. The summed E-state index contributed by atoms with van der Waals surface area (Å²) in [6, 6.07) is 6.17. The van der Waals surface area contributed by atoms with Gasteiger partial charge >= 0.3 is 0 Å². The molecular formula is C17H24N2O6S. The zero-order chi connectivity index (χ0) is 18.6. The van der Waals surface area contributed by atoms with Crippen molar-refractivity contribution < 1.29 is 27.4 Å². The quantitative estimate of drug-likeness (QED) is 0.728. The van der Waals surface area contributed by atoms with Gasteiger partial charge in [-0.1, -0.05) is 0 Å². The van der Waals surface area contributed by atoms with Crippen LogP contribution in [0.5, 0.6) is 5.75 Å². The molecule has 2 aliphatic rings. The van der Waals surface area contributed by atoms with Crippen LogP contribution < -0.4 is 4.74 Å². The predicted molar refractivity (Wildman–Crippen MR) is 93.5 cm³/mol. The van der Waals surface area contributed by atoms with Gasteiger partial charge in [-0.15, -0.1) is 0 Å². The molecule has 1 amide bonds. The number of benzene rings is 1. The van der Waals surface area contributed by atoms with Crippen LogP contribution >= 0.6 is 0 Å². The molecule has 26 heavy (non-hydrogen) atoms. The maximum absolute atomic E-state index is 12.6. The van der Waals surface area contributed by atoms with E-state index in [2.05, 4.69) is 0 Å². The van der Waals surface area contributed by atoms with E-state index < -0.39 is 16.1 Å². The first kappa shape index (κ1) is 19.1. The number of sulfonamides is 1. The van der Waals surface area contributed by atoms with Gasteiger partial charge in [0.2, 0.25) is 10.0 Å². The highest BCUT2D eigenvalue weighted by atomic mass is 32.2. The maximum atomic E-state index is 12.6. The lowest BCUT2D eigenvalue weighted by atomic mass is 10.3. The summed E-state index contributed by atoms with van der Waals surface area (Å²) in [7, 11) is -3.53. The molecule has 9 heteroatoms. The molecular weight excluding hydrogens is 360 g/mol. The molecule has 1 atom stereocenters. The summed E-state index contributed by atoms with van der Waals surface area (Å²) in [5.41, 5.74) is 0. The lowest BCUT2D eigenvalue weighted by Crippen LogP contribution is -2.46. The van der Waals surface area contributed by atoms with Gasteiger partial charge in [0, 0.05) is 26.2 Å². The van der Waals surface area contributed by atoms with Crippen LogP contribution in [0, 0.1) is 0 Å². The van der Waals surface area contributed by atoms with Gasteiger partial charge in [0.25, 0.3) is 5.91 Å². The van der Waals surface area contributed by atoms with Crippen LogP contribution in [0.15, 0.2) is 29.2 Å². The Morgan fingerprint density at radius 3 is 2.12 bits per heavy atom. The third-order valence-corrected chi connectivity index (χ3v) is 6.33. The molecule has 0 radical (unpaired) electrons. The van der Waals surface area contributed by atoms with E-state index in [1.165, 1.54) is 16.4 Å². The van der Waals surface area contributed by atoms with Crippen molar-refractivity contribution in [2.24, 2.45) is 0 Å². The van der Waals surface area contributed by atoms with Crippen LogP contribution in [0.2, 0.25) is 0 Å². The van der Waals surface area contributed by atoms with Crippen molar-refractivity contribution in [1.29, 1.82) is 0 Å². The van der Waals surface area contributed by atoms with Gasteiger partial charge in [0.1, 0.15) is 5.75 Å². The molecule has 1 aromatic carbocycles. The number of hydrogen-bond acceptors (Lipinski definition) is 6. The third-order valence-electron chi connectivity index (χ3n) is 4.41. The summed E-state index contributed by atoms with van der Waals surface area (Å²) in [5, 5.41) is 0. The fourth-order valence-corrected chi connectivity index (χ4v) is 4.33. The molecule has 144 valence electrons. The van der Waals surface area contributed by atoms with E-state index in [1.54, 1.807) is 24.0 Å². The number of carbonyl (C=O) groups is 1. The number of hydrogen-bond donors (Lipinski definition) is 0. The number of morpholine rings is 2. The molecule has 3 rings (SSSR count). The lowest BCUT2D eigenvalue weighted by molar-refractivity contribution is -0.142. The molecule has 0 saturated carbocycles. The Balaban J connectivity index is 1.62. The number of rotatable bonds is 5. The molecule has 1 aromatic rings. The van der Waals surface area contributed by atoms with Crippen LogP contribution in [0.25, 0.3) is 0 Å². The Hall–Kier alpha value is -1.68. The van der Waals surface area contributed by atoms with Crippen molar-refractivity contribution in [3.05, 3.63) is 24.3 Å². The Kier molecular flexibility index (Phi) is 6.13. The normalized spacial score (nSPS) is 20.6. The second kappa shape index (κ2) is 8.34. The highest BCUT2D eigenvalue weighted by molar-refractivity contribution is 7.89. The van der Waals surface area contributed by atoms with Gasteiger partial charge in [0.05, 0.1) is 31.3 Å². The van der Waals surface area contributed by atoms with Gasteiger partial charge in [-0.2, -0.15) is 4.31 Å². The van der Waals surface area contributed by atoms with Crippen LogP contribution in [-0.4, -0.2) is 82.2 Å². The van der Waals surface area contributed by atoms with E-state index in [4.69, 9.17) is 14.2 Å². The van der Waals surface area contributed by atoms with Crippen molar-refractivity contribution in [1.82, 2.24) is 9.21 Å². The summed E-state index contributed by atoms with van der Waals surface area (Å²) in [6.45, 7) is 5.39. The van der Waals surface area contributed by atoms with Crippen molar-refractivity contribution in [2.45, 2.75) is 17.9 Å². The van der Waals surface area contributed by atoms with Gasteiger partial charge in [0.15, 0.2) is 6.10 Å². The van der Waals surface area contributed by atoms with Crippen LogP contribution in [-0.2, 0) is 24.3 Å². The van der Waals surface area contributed by atoms with Crippen LogP contribution in [0.1, 0.15) is 6.92 Å². The molecule has 0 aliphatic carbocycles. The SMILES string of the molecule is C[C@H](Oc1ccc(S(=O)(=O)N2CCOCC2)cc1)C(=O)N1CCOCC1. The van der Waals surface area contributed by atoms with Crippen molar-refractivity contribution >= 4 is 15.9 Å². The van der Waals surface area contributed by atoms with Crippen molar-refractivity contribution in [3.8, 4) is 5.75 Å². The first-order valence-corrected chi connectivity index (χ1v) is 10.1. The number of carbonyl (C=O) groups excluding carboxylic acids is 1. The molecule has 2 fully saturated rings. The van der Waals surface area contributed by atoms with E-state index in [0.717, 1.165) is 0 Å². The Morgan fingerprint density at radius 2 is 1.54 bits per heavy atom. The minimum absolute atomic E-state index is 0.0988. The molecule has 2 aliphatic heterocycles. The fourth-order valence-electron chi connectivity index (χ4n) is 2.92. The average Bonchev–Trinajstić information content (AvgIpc) is 2.69. The second-order valence-corrected chi connectivity index (χ2v) is 8.12. The van der Waals surface area contributed by atoms with Gasteiger partial charge in [-0.25, -0.2) is 8.42 Å². The van der Waals surface area contributed by atoms with Gasteiger partial charge in [-0.3, -0.25) is 4.79 Å².